The molecule has 3 aromatic rings. The van der Waals surface area contributed by atoms with E-state index in [0.29, 0.717) is 27.9 Å². The van der Waals surface area contributed by atoms with Crippen LogP contribution in [0.15, 0.2) is 80.9 Å². The first kappa shape index (κ1) is 28.4. The number of benzene rings is 2. The first-order valence-electron chi connectivity index (χ1n) is 13.1. The van der Waals surface area contributed by atoms with Gasteiger partial charge in [-0.2, -0.15) is 0 Å². The normalized spacial score (nSPS) is 21.8. The van der Waals surface area contributed by atoms with E-state index in [9.17, 15) is 14.4 Å². The molecule has 1 unspecified atom stereocenters. The van der Waals surface area contributed by atoms with Gasteiger partial charge < -0.3 is 24.7 Å². The molecule has 2 aromatic carbocycles. The minimum absolute atomic E-state index is 0.0595. The monoisotopic (exact) mass is 624 g/mol. The summed E-state index contributed by atoms with van der Waals surface area (Å²) in [5, 5.41) is 7.18. The fourth-order valence-corrected chi connectivity index (χ4v) is 5.61. The average molecular weight is 625 g/mol. The zero-order valence-electron chi connectivity index (χ0n) is 22.8. The summed E-state index contributed by atoms with van der Waals surface area (Å²) in [4.78, 5) is 43.2. The molecule has 41 heavy (non-hydrogen) atoms. The van der Waals surface area contributed by atoms with Gasteiger partial charge in [-0.15, -0.1) is 0 Å². The number of hydrogen-bond donors (Lipinski definition) is 3. The zero-order valence-corrected chi connectivity index (χ0v) is 24.4. The molecule has 0 spiro atoms. The Morgan fingerprint density at radius 2 is 1.95 bits per heavy atom. The molecular weight excluding hydrogens is 595 g/mol. The van der Waals surface area contributed by atoms with E-state index in [0.717, 1.165) is 15.4 Å². The van der Waals surface area contributed by atoms with Crippen LogP contribution in [0.4, 0.5) is 20.6 Å². The lowest BCUT2D eigenvalue weighted by Gasteiger charge is -2.32. The second-order valence-electron chi connectivity index (χ2n) is 10.2. The predicted octanol–water partition coefficient (Wildman–Crippen LogP) is 5.50. The quantitative estimate of drug-likeness (QED) is 0.355. The summed E-state index contributed by atoms with van der Waals surface area (Å²) in [6.45, 7) is 1.90. The Labute approximate surface area is 244 Å². The molecule has 1 aromatic heterocycles. The topological polar surface area (TPSA) is 113 Å². The van der Waals surface area contributed by atoms with Gasteiger partial charge in [-0.1, -0.05) is 28.9 Å². The third kappa shape index (κ3) is 6.00. The Balaban J connectivity index is 1.60. The smallest absolute Gasteiger partial charge is 0.411 e. The van der Waals surface area contributed by atoms with Crippen LogP contribution < -0.4 is 16.2 Å². The number of amides is 2. The van der Waals surface area contributed by atoms with Gasteiger partial charge in [0.2, 0.25) is 5.91 Å². The second-order valence-corrected chi connectivity index (χ2v) is 11.1. The van der Waals surface area contributed by atoms with Gasteiger partial charge >= 0.3 is 6.09 Å². The number of halogens is 2. The summed E-state index contributed by atoms with van der Waals surface area (Å²) in [5.41, 5.74) is 2.37. The van der Waals surface area contributed by atoms with Crippen molar-refractivity contribution in [2.75, 3.05) is 31.4 Å². The zero-order chi connectivity index (χ0) is 29.3. The maximum absolute atomic E-state index is 15.9. The number of hydrogen-bond acceptors (Lipinski definition) is 6. The molecule has 0 saturated heterocycles. The lowest BCUT2D eigenvalue weighted by Crippen LogP contribution is -2.43. The van der Waals surface area contributed by atoms with Crippen LogP contribution in [0.1, 0.15) is 18.9 Å². The number of alkyl halides is 1. The van der Waals surface area contributed by atoms with E-state index in [1.165, 1.54) is 12.0 Å². The number of pyridine rings is 1. The molecular formula is C30H30BrFN4O5. The van der Waals surface area contributed by atoms with Crippen molar-refractivity contribution in [1.29, 1.82) is 0 Å². The number of carbonyl (C=O) groups is 2. The number of likely N-dealkylation sites (N-methyl/N-ethyl adjacent to an activating group) is 1. The van der Waals surface area contributed by atoms with Crippen molar-refractivity contribution in [3.8, 4) is 0 Å². The van der Waals surface area contributed by atoms with Gasteiger partial charge in [0, 0.05) is 58.9 Å². The molecule has 2 aliphatic heterocycles. The number of aromatic amines is 1. The number of anilines is 2. The standard InChI is InChI=1S/C30H30BrFN4O5/c1-16-15-41-30(39)35-20-6-7-23(31)19(10-20)14-36(2)29(38)27(18-11-24(32)26(16)25(12-18)40-3)34-21-5-4-17-8-9-33-28(37)22(17)13-21/h4-10,12-13,16,24,27,34H,11,14-15H2,1-3H3,(H,33,37)(H,35,39)/t16-,24?,27+/m0/s1. The molecule has 11 heteroatoms. The number of allylic oxidation sites excluding steroid dienone is 1. The number of ether oxygens (including phenoxy) is 2. The van der Waals surface area contributed by atoms with Gasteiger partial charge in [-0.05, 0) is 59.0 Å². The minimum Gasteiger partial charge on any atom is -0.497 e. The van der Waals surface area contributed by atoms with Crippen LogP contribution in [0, 0.1) is 5.92 Å². The molecule has 3 N–H and O–H groups in total. The molecule has 0 fully saturated rings. The van der Waals surface area contributed by atoms with Crippen LogP contribution in [0.25, 0.3) is 10.8 Å². The molecule has 2 amide bonds. The average Bonchev–Trinajstić information content (AvgIpc) is 2.95. The highest BCUT2D eigenvalue weighted by Crippen LogP contribution is 2.35. The Kier molecular flexibility index (Phi) is 8.16. The lowest BCUT2D eigenvalue weighted by molar-refractivity contribution is -0.130. The minimum atomic E-state index is -1.47. The number of rotatable bonds is 3. The SMILES string of the molecule is COC1=C2C(F)CC(=C1)[C@@H](Nc1ccc3cc[nH]c(=O)c3c1)C(=O)N(C)Cc1cc(ccc1Br)NC(=O)OC[C@@H]2C. The number of H-pyrrole nitrogens is 1. The Morgan fingerprint density at radius 3 is 2.73 bits per heavy atom. The molecule has 1 aliphatic carbocycles. The third-order valence-corrected chi connectivity index (χ3v) is 8.12. The van der Waals surface area contributed by atoms with Crippen molar-refractivity contribution < 1.29 is 23.5 Å². The largest absolute Gasteiger partial charge is 0.497 e. The van der Waals surface area contributed by atoms with Gasteiger partial charge in [0.1, 0.15) is 18.0 Å². The van der Waals surface area contributed by atoms with E-state index in [4.69, 9.17) is 9.47 Å². The fourth-order valence-electron chi connectivity index (χ4n) is 5.24. The van der Waals surface area contributed by atoms with E-state index in [-0.39, 0.29) is 36.8 Å². The van der Waals surface area contributed by atoms with E-state index in [2.05, 4.69) is 31.5 Å². The lowest BCUT2D eigenvalue weighted by atomic mass is 9.85. The molecule has 4 bridgehead atoms. The van der Waals surface area contributed by atoms with E-state index < -0.39 is 24.2 Å². The molecule has 0 radical (unpaired) electrons. The highest BCUT2D eigenvalue weighted by Gasteiger charge is 2.35. The Bertz CT molecular complexity index is 1630. The van der Waals surface area contributed by atoms with E-state index in [1.54, 1.807) is 68.7 Å². The van der Waals surface area contributed by atoms with Gasteiger partial charge in [0.25, 0.3) is 5.56 Å². The summed E-state index contributed by atoms with van der Waals surface area (Å²) in [6, 6.07) is 11.3. The summed E-state index contributed by atoms with van der Waals surface area (Å²) in [5.74, 6) is -0.504. The van der Waals surface area contributed by atoms with Gasteiger partial charge in [-0.25, -0.2) is 9.18 Å². The number of nitrogens with zero attached hydrogens (tertiary/aromatic N) is 1. The van der Waals surface area contributed by atoms with Crippen molar-refractivity contribution in [1.82, 2.24) is 9.88 Å². The van der Waals surface area contributed by atoms with Crippen LogP contribution in [0.5, 0.6) is 0 Å². The Hall–Kier alpha value is -4.12. The molecule has 3 aliphatic rings. The summed E-state index contributed by atoms with van der Waals surface area (Å²) >= 11 is 3.53. The number of aromatic nitrogens is 1. The maximum Gasteiger partial charge on any atom is 0.411 e. The number of methoxy groups -OCH3 is 1. The maximum atomic E-state index is 15.9. The van der Waals surface area contributed by atoms with Gasteiger partial charge in [0.05, 0.1) is 13.7 Å². The fraction of sp³-hybridized carbons (Fsp3) is 0.300. The molecule has 3 heterocycles. The predicted molar refractivity (Wildman–Crippen MR) is 158 cm³/mol. The summed E-state index contributed by atoms with van der Waals surface area (Å²) < 4.78 is 27.6. The highest BCUT2D eigenvalue weighted by molar-refractivity contribution is 9.10. The summed E-state index contributed by atoms with van der Waals surface area (Å²) in [6.07, 6.45) is 1.06. The second kappa shape index (κ2) is 11.8. The van der Waals surface area contributed by atoms with Crippen LogP contribution in [0.3, 0.4) is 0 Å². The number of nitrogens with one attached hydrogen (secondary N) is 3. The highest BCUT2D eigenvalue weighted by atomic mass is 79.9. The van der Waals surface area contributed by atoms with Crippen molar-refractivity contribution in [2.24, 2.45) is 5.92 Å². The molecule has 0 saturated carbocycles. The van der Waals surface area contributed by atoms with E-state index in [1.807, 2.05) is 0 Å². The molecule has 214 valence electrons. The van der Waals surface area contributed by atoms with Crippen LogP contribution >= 0.6 is 15.9 Å². The van der Waals surface area contributed by atoms with Gasteiger partial charge in [-0.3, -0.25) is 14.9 Å². The molecule has 3 atom stereocenters. The number of fused-ring (bicyclic) bond motifs is 10. The first-order chi connectivity index (χ1) is 19.6. The third-order valence-electron chi connectivity index (χ3n) is 7.35. The van der Waals surface area contributed by atoms with Crippen LogP contribution in [-0.4, -0.2) is 54.9 Å². The molecule has 6 rings (SSSR count). The van der Waals surface area contributed by atoms with Crippen molar-refractivity contribution in [3.05, 3.63) is 92.0 Å². The summed E-state index contributed by atoms with van der Waals surface area (Å²) in [7, 11) is 3.10. The van der Waals surface area contributed by atoms with Crippen molar-refractivity contribution >= 4 is 50.1 Å². The molecule has 9 nitrogen and oxygen atoms in total. The number of carbonyl (C=O) groups excluding carboxylic acids is 2. The first-order valence-corrected chi connectivity index (χ1v) is 13.9. The van der Waals surface area contributed by atoms with Crippen molar-refractivity contribution in [2.45, 2.75) is 32.1 Å². The van der Waals surface area contributed by atoms with Crippen LogP contribution in [-0.2, 0) is 20.8 Å². The Morgan fingerprint density at radius 1 is 1.15 bits per heavy atom. The van der Waals surface area contributed by atoms with Crippen molar-refractivity contribution in [3.63, 3.8) is 0 Å². The van der Waals surface area contributed by atoms with E-state index >= 15 is 4.39 Å². The van der Waals surface area contributed by atoms with Gasteiger partial charge in [0.15, 0.2) is 0 Å². The van der Waals surface area contributed by atoms with Crippen LogP contribution in [0.2, 0.25) is 0 Å².